The molecule has 3 nitrogen and oxygen atoms in total. The van der Waals surface area contributed by atoms with Crippen molar-refractivity contribution in [1.29, 1.82) is 0 Å². The minimum atomic E-state index is -0.481. The molecule has 0 aromatic heterocycles. The van der Waals surface area contributed by atoms with E-state index in [-0.39, 0.29) is 19.0 Å². The van der Waals surface area contributed by atoms with E-state index < -0.39 is 5.60 Å². The Kier molecular flexibility index (Phi) is 5.29. The van der Waals surface area contributed by atoms with Gasteiger partial charge in [0.1, 0.15) is 16.4 Å². The molecule has 0 saturated heterocycles. The molecule has 0 radical (unpaired) electrons. The maximum absolute atomic E-state index is 11.4. The quantitative estimate of drug-likeness (QED) is 0.783. The second-order valence-corrected chi connectivity index (χ2v) is 5.52. The lowest BCUT2D eigenvalue weighted by Crippen LogP contribution is -2.24. The molecule has 0 atom stereocenters. The van der Waals surface area contributed by atoms with Gasteiger partial charge in [-0.2, -0.15) is 0 Å². The molecule has 0 heterocycles. The van der Waals surface area contributed by atoms with E-state index in [1.165, 1.54) is 0 Å². The van der Waals surface area contributed by atoms with Crippen LogP contribution in [0, 0.1) is 0 Å². The SMILES string of the molecule is CC(C)(C)OC(=O)CCOc1cccc(Cl)c1Cl. The lowest BCUT2D eigenvalue weighted by Gasteiger charge is -2.19. The number of rotatable bonds is 4. The number of carbonyl (C=O) groups is 1. The van der Waals surface area contributed by atoms with E-state index in [2.05, 4.69) is 0 Å². The molecule has 0 amide bonds. The molecule has 5 heteroatoms. The topological polar surface area (TPSA) is 35.5 Å². The molecular weight excluding hydrogens is 275 g/mol. The smallest absolute Gasteiger partial charge is 0.309 e. The zero-order chi connectivity index (χ0) is 13.8. The number of hydrogen-bond acceptors (Lipinski definition) is 3. The van der Waals surface area contributed by atoms with Gasteiger partial charge >= 0.3 is 5.97 Å². The Morgan fingerprint density at radius 1 is 1.28 bits per heavy atom. The van der Waals surface area contributed by atoms with Crippen molar-refractivity contribution in [3.63, 3.8) is 0 Å². The maximum Gasteiger partial charge on any atom is 0.309 e. The summed E-state index contributed by atoms with van der Waals surface area (Å²) in [7, 11) is 0. The van der Waals surface area contributed by atoms with Gasteiger partial charge in [0.25, 0.3) is 0 Å². The van der Waals surface area contributed by atoms with Crippen molar-refractivity contribution in [3.8, 4) is 5.75 Å². The Morgan fingerprint density at radius 3 is 2.56 bits per heavy atom. The standard InChI is InChI=1S/C13H16Cl2O3/c1-13(2,3)18-11(16)7-8-17-10-6-4-5-9(14)12(10)15/h4-6H,7-8H2,1-3H3. The molecular formula is C13H16Cl2O3. The Morgan fingerprint density at radius 2 is 1.94 bits per heavy atom. The van der Waals surface area contributed by atoms with Gasteiger partial charge in [-0.3, -0.25) is 4.79 Å². The van der Waals surface area contributed by atoms with Crippen LogP contribution in [-0.4, -0.2) is 18.2 Å². The van der Waals surface area contributed by atoms with Crippen molar-refractivity contribution in [3.05, 3.63) is 28.2 Å². The maximum atomic E-state index is 11.4. The van der Waals surface area contributed by atoms with E-state index >= 15 is 0 Å². The van der Waals surface area contributed by atoms with Crippen LogP contribution >= 0.6 is 23.2 Å². The van der Waals surface area contributed by atoms with E-state index in [4.69, 9.17) is 32.7 Å². The largest absolute Gasteiger partial charge is 0.491 e. The third kappa shape index (κ3) is 5.15. The predicted octanol–water partition coefficient (Wildman–Crippen LogP) is 4.10. The molecule has 0 saturated carbocycles. The number of hydrogen-bond donors (Lipinski definition) is 0. The minimum Gasteiger partial charge on any atom is -0.491 e. The van der Waals surface area contributed by atoms with Crippen molar-refractivity contribution >= 4 is 29.2 Å². The first-order valence-electron chi connectivity index (χ1n) is 5.58. The first-order chi connectivity index (χ1) is 8.29. The Hall–Kier alpha value is -0.930. The molecule has 18 heavy (non-hydrogen) atoms. The van der Waals surface area contributed by atoms with Crippen LogP contribution in [0.25, 0.3) is 0 Å². The van der Waals surface area contributed by atoms with Gasteiger partial charge in [-0.1, -0.05) is 29.3 Å². The molecule has 0 fully saturated rings. The summed E-state index contributed by atoms with van der Waals surface area (Å²) < 4.78 is 10.5. The average molecular weight is 291 g/mol. The van der Waals surface area contributed by atoms with Crippen molar-refractivity contribution in [2.75, 3.05) is 6.61 Å². The number of carbonyl (C=O) groups excluding carboxylic acids is 1. The Bertz CT molecular complexity index is 425. The highest BCUT2D eigenvalue weighted by molar-refractivity contribution is 6.42. The molecule has 0 aliphatic heterocycles. The van der Waals surface area contributed by atoms with E-state index in [0.717, 1.165) is 0 Å². The van der Waals surface area contributed by atoms with Crippen molar-refractivity contribution in [1.82, 2.24) is 0 Å². The number of esters is 1. The number of halogens is 2. The molecule has 0 spiro atoms. The van der Waals surface area contributed by atoms with Crippen LogP contribution in [0.4, 0.5) is 0 Å². The molecule has 0 aliphatic rings. The van der Waals surface area contributed by atoms with E-state index in [1.807, 2.05) is 20.8 Å². The molecule has 100 valence electrons. The van der Waals surface area contributed by atoms with Crippen molar-refractivity contribution < 1.29 is 14.3 Å². The first kappa shape index (κ1) is 15.1. The van der Waals surface area contributed by atoms with Gasteiger partial charge < -0.3 is 9.47 Å². The van der Waals surface area contributed by atoms with Crippen LogP contribution in [0.15, 0.2) is 18.2 Å². The lowest BCUT2D eigenvalue weighted by molar-refractivity contribution is -0.155. The monoisotopic (exact) mass is 290 g/mol. The third-order valence-corrected chi connectivity index (χ3v) is 2.70. The normalized spacial score (nSPS) is 11.2. The van der Waals surface area contributed by atoms with Crippen molar-refractivity contribution in [2.24, 2.45) is 0 Å². The summed E-state index contributed by atoms with van der Waals surface area (Å²) in [4.78, 5) is 11.4. The van der Waals surface area contributed by atoms with Gasteiger partial charge in [0.15, 0.2) is 0 Å². The zero-order valence-electron chi connectivity index (χ0n) is 10.6. The van der Waals surface area contributed by atoms with Crippen LogP contribution < -0.4 is 4.74 Å². The van der Waals surface area contributed by atoms with Crippen LogP contribution in [0.3, 0.4) is 0 Å². The van der Waals surface area contributed by atoms with Crippen molar-refractivity contribution in [2.45, 2.75) is 32.8 Å². The third-order valence-electron chi connectivity index (χ3n) is 1.90. The van der Waals surface area contributed by atoms with Gasteiger partial charge in [-0.25, -0.2) is 0 Å². The Labute approximate surface area is 117 Å². The second-order valence-electron chi connectivity index (χ2n) is 4.74. The molecule has 0 unspecified atom stereocenters. The summed E-state index contributed by atoms with van der Waals surface area (Å²) >= 11 is 11.8. The number of ether oxygens (including phenoxy) is 2. The fourth-order valence-electron chi connectivity index (χ4n) is 1.23. The van der Waals surface area contributed by atoms with Gasteiger partial charge in [0.2, 0.25) is 0 Å². The van der Waals surface area contributed by atoms with Crippen LogP contribution in [-0.2, 0) is 9.53 Å². The molecule has 1 rings (SSSR count). The predicted molar refractivity (Wildman–Crippen MR) is 72.4 cm³/mol. The highest BCUT2D eigenvalue weighted by Gasteiger charge is 2.16. The molecule has 0 aliphatic carbocycles. The highest BCUT2D eigenvalue weighted by atomic mass is 35.5. The van der Waals surface area contributed by atoms with Crippen LogP contribution in [0.1, 0.15) is 27.2 Å². The first-order valence-corrected chi connectivity index (χ1v) is 6.34. The minimum absolute atomic E-state index is 0.167. The number of benzene rings is 1. The molecule has 0 bridgehead atoms. The summed E-state index contributed by atoms with van der Waals surface area (Å²) in [6.07, 6.45) is 0.167. The average Bonchev–Trinajstić information content (AvgIpc) is 2.21. The summed E-state index contributed by atoms with van der Waals surface area (Å²) in [5, 5.41) is 0.773. The molecule has 0 N–H and O–H groups in total. The van der Waals surface area contributed by atoms with Crippen LogP contribution in [0.5, 0.6) is 5.75 Å². The summed E-state index contributed by atoms with van der Waals surface area (Å²) in [5.74, 6) is 0.161. The Balaban J connectivity index is 2.43. The van der Waals surface area contributed by atoms with E-state index in [9.17, 15) is 4.79 Å². The fourth-order valence-corrected chi connectivity index (χ4v) is 1.58. The second kappa shape index (κ2) is 6.30. The zero-order valence-corrected chi connectivity index (χ0v) is 12.1. The highest BCUT2D eigenvalue weighted by Crippen LogP contribution is 2.31. The van der Waals surface area contributed by atoms with Crippen LogP contribution in [0.2, 0.25) is 10.0 Å². The van der Waals surface area contributed by atoms with E-state index in [0.29, 0.717) is 15.8 Å². The molecule has 1 aromatic carbocycles. The summed E-state index contributed by atoms with van der Waals surface area (Å²) in [6.45, 7) is 5.66. The van der Waals surface area contributed by atoms with E-state index in [1.54, 1.807) is 18.2 Å². The summed E-state index contributed by atoms with van der Waals surface area (Å²) in [5.41, 5.74) is -0.481. The van der Waals surface area contributed by atoms with Gasteiger partial charge in [0.05, 0.1) is 18.1 Å². The van der Waals surface area contributed by atoms with Gasteiger partial charge in [-0.15, -0.1) is 0 Å². The molecule has 1 aromatic rings. The lowest BCUT2D eigenvalue weighted by atomic mass is 10.2. The van der Waals surface area contributed by atoms with Gasteiger partial charge in [-0.05, 0) is 32.9 Å². The van der Waals surface area contributed by atoms with Gasteiger partial charge in [0, 0.05) is 0 Å². The fraction of sp³-hybridized carbons (Fsp3) is 0.462. The summed E-state index contributed by atoms with van der Waals surface area (Å²) in [6, 6.07) is 5.10.